The van der Waals surface area contributed by atoms with E-state index < -0.39 is 0 Å². The average Bonchev–Trinajstić information content (AvgIpc) is 2.50. The van der Waals surface area contributed by atoms with Crippen molar-refractivity contribution < 1.29 is 19.1 Å². The van der Waals surface area contributed by atoms with E-state index in [0.29, 0.717) is 38.9 Å². The molecule has 0 aliphatic heterocycles. The van der Waals surface area contributed by atoms with Gasteiger partial charge >= 0.3 is 11.9 Å². The van der Waals surface area contributed by atoms with Crippen molar-refractivity contribution in [3.05, 3.63) is 0 Å². The van der Waals surface area contributed by atoms with Crippen LogP contribution in [0.1, 0.15) is 77.6 Å². The summed E-state index contributed by atoms with van der Waals surface area (Å²) in [5.74, 6) is 0.454. The summed E-state index contributed by atoms with van der Waals surface area (Å²) in [5, 5.41) is 0. The van der Waals surface area contributed by atoms with Crippen molar-refractivity contribution in [2.75, 3.05) is 13.2 Å². The van der Waals surface area contributed by atoms with Crippen LogP contribution in [0.5, 0.6) is 0 Å². The lowest BCUT2D eigenvalue weighted by molar-refractivity contribution is -0.146. The van der Waals surface area contributed by atoms with Gasteiger partial charge in [-0.05, 0) is 31.6 Å². The minimum absolute atomic E-state index is 0.132. The normalized spacial score (nSPS) is 15.7. The monoisotopic (exact) mass is 298 g/mol. The van der Waals surface area contributed by atoms with Crippen molar-refractivity contribution in [2.45, 2.75) is 77.6 Å². The van der Waals surface area contributed by atoms with E-state index in [1.807, 2.05) is 6.92 Å². The van der Waals surface area contributed by atoms with Crippen LogP contribution in [0.2, 0.25) is 0 Å². The van der Waals surface area contributed by atoms with Crippen LogP contribution in [0.15, 0.2) is 0 Å². The molecule has 0 saturated heterocycles. The Balaban J connectivity index is 1.92. The van der Waals surface area contributed by atoms with E-state index in [-0.39, 0.29) is 11.9 Å². The number of unbranched alkanes of at least 4 members (excludes halogenated alkanes) is 1. The van der Waals surface area contributed by atoms with Crippen molar-refractivity contribution in [2.24, 2.45) is 5.92 Å². The van der Waals surface area contributed by atoms with Gasteiger partial charge in [-0.1, -0.05) is 39.0 Å². The van der Waals surface area contributed by atoms with Gasteiger partial charge in [0.15, 0.2) is 0 Å². The van der Waals surface area contributed by atoms with Crippen molar-refractivity contribution in [3.63, 3.8) is 0 Å². The second-order valence-electron chi connectivity index (χ2n) is 5.94. The summed E-state index contributed by atoms with van der Waals surface area (Å²) >= 11 is 0. The maximum Gasteiger partial charge on any atom is 0.305 e. The lowest BCUT2D eigenvalue weighted by atomic mass is 9.87. The summed E-state index contributed by atoms with van der Waals surface area (Å²) in [4.78, 5) is 22.8. The minimum Gasteiger partial charge on any atom is -0.466 e. The van der Waals surface area contributed by atoms with E-state index in [1.54, 1.807) is 0 Å². The molecule has 122 valence electrons. The number of ether oxygens (including phenoxy) is 2. The maximum absolute atomic E-state index is 11.6. The predicted molar refractivity (Wildman–Crippen MR) is 81.9 cm³/mol. The highest BCUT2D eigenvalue weighted by Gasteiger charge is 2.14. The Morgan fingerprint density at radius 3 is 2.05 bits per heavy atom. The molecular formula is C17H30O4. The highest BCUT2D eigenvalue weighted by atomic mass is 16.5. The minimum atomic E-state index is -0.164. The Morgan fingerprint density at radius 1 is 0.905 bits per heavy atom. The number of carbonyl (C=O) groups excluding carboxylic acids is 2. The first-order chi connectivity index (χ1) is 10.2. The van der Waals surface area contributed by atoms with Crippen LogP contribution < -0.4 is 0 Å². The fourth-order valence-corrected chi connectivity index (χ4v) is 2.71. The lowest BCUT2D eigenvalue weighted by Crippen LogP contribution is -2.12. The van der Waals surface area contributed by atoms with Gasteiger partial charge in [0.1, 0.15) is 0 Å². The summed E-state index contributed by atoms with van der Waals surface area (Å²) in [6.45, 7) is 3.01. The Kier molecular flexibility index (Phi) is 9.92. The van der Waals surface area contributed by atoms with Crippen LogP contribution in [0.4, 0.5) is 0 Å². The number of hydrogen-bond acceptors (Lipinski definition) is 4. The zero-order chi connectivity index (χ0) is 15.3. The second-order valence-corrected chi connectivity index (χ2v) is 5.94. The number of rotatable bonds is 10. The van der Waals surface area contributed by atoms with Crippen molar-refractivity contribution in [3.8, 4) is 0 Å². The first-order valence-electron chi connectivity index (χ1n) is 8.53. The third-order valence-electron chi connectivity index (χ3n) is 3.99. The Morgan fingerprint density at radius 2 is 1.48 bits per heavy atom. The number of hydrogen-bond donors (Lipinski definition) is 0. The highest BCUT2D eigenvalue weighted by Crippen LogP contribution is 2.26. The van der Waals surface area contributed by atoms with Crippen LogP contribution in [0, 0.1) is 5.92 Å². The van der Waals surface area contributed by atoms with E-state index >= 15 is 0 Å². The molecule has 1 aliphatic carbocycles. The van der Waals surface area contributed by atoms with Gasteiger partial charge in [-0.25, -0.2) is 0 Å². The fourth-order valence-electron chi connectivity index (χ4n) is 2.71. The van der Waals surface area contributed by atoms with E-state index in [0.717, 1.165) is 18.8 Å². The molecule has 21 heavy (non-hydrogen) atoms. The molecule has 0 aromatic carbocycles. The van der Waals surface area contributed by atoms with E-state index in [4.69, 9.17) is 9.47 Å². The largest absolute Gasteiger partial charge is 0.466 e. The Labute approximate surface area is 128 Å². The van der Waals surface area contributed by atoms with Crippen molar-refractivity contribution >= 4 is 11.9 Å². The predicted octanol–water partition coefficient (Wildman–Crippen LogP) is 4.01. The number of carbonyl (C=O) groups is 2. The van der Waals surface area contributed by atoms with Crippen molar-refractivity contribution in [1.82, 2.24) is 0 Å². The smallest absolute Gasteiger partial charge is 0.305 e. The molecule has 1 fully saturated rings. The topological polar surface area (TPSA) is 52.6 Å². The third-order valence-corrected chi connectivity index (χ3v) is 3.99. The second kappa shape index (κ2) is 11.6. The van der Waals surface area contributed by atoms with Crippen LogP contribution >= 0.6 is 0 Å². The van der Waals surface area contributed by atoms with E-state index in [1.165, 1.54) is 32.1 Å². The summed E-state index contributed by atoms with van der Waals surface area (Å²) < 4.78 is 10.2. The molecule has 0 atom stereocenters. The molecule has 0 aromatic heterocycles. The van der Waals surface area contributed by atoms with Gasteiger partial charge in [0.05, 0.1) is 13.2 Å². The molecule has 1 rings (SSSR count). The molecule has 0 amide bonds. The quantitative estimate of drug-likeness (QED) is 0.451. The summed E-state index contributed by atoms with van der Waals surface area (Å²) in [7, 11) is 0. The molecule has 4 heteroatoms. The van der Waals surface area contributed by atoms with E-state index in [2.05, 4.69) is 0 Å². The molecule has 1 aliphatic rings. The molecule has 0 radical (unpaired) electrons. The van der Waals surface area contributed by atoms with Gasteiger partial charge < -0.3 is 9.47 Å². The molecule has 0 aromatic rings. The lowest BCUT2D eigenvalue weighted by Gasteiger charge is -2.21. The number of esters is 2. The molecule has 0 heterocycles. The molecule has 4 nitrogen and oxygen atoms in total. The summed E-state index contributed by atoms with van der Waals surface area (Å²) in [6.07, 6.45) is 10.6. The van der Waals surface area contributed by atoms with Gasteiger partial charge in [0.2, 0.25) is 0 Å². The molecular weight excluding hydrogens is 268 g/mol. The van der Waals surface area contributed by atoms with Gasteiger partial charge in [0.25, 0.3) is 0 Å². The molecule has 0 N–H and O–H groups in total. The van der Waals surface area contributed by atoms with Gasteiger partial charge in [0, 0.05) is 12.8 Å². The van der Waals surface area contributed by atoms with Crippen molar-refractivity contribution in [1.29, 1.82) is 0 Å². The molecule has 0 bridgehead atoms. The van der Waals surface area contributed by atoms with E-state index in [9.17, 15) is 9.59 Å². The first kappa shape index (κ1) is 18.0. The van der Waals surface area contributed by atoms with Crippen LogP contribution in [0.3, 0.4) is 0 Å². The maximum atomic E-state index is 11.6. The van der Waals surface area contributed by atoms with Gasteiger partial charge in [-0.3, -0.25) is 9.59 Å². The fraction of sp³-hybridized carbons (Fsp3) is 0.882. The van der Waals surface area contributed by atoms with Gasteiger partial charge in [-0.15, -0.1) is 0 Å². The molecule has 0 spiro atoms. The summed E-state index contributed by atoms with van der Waals surface area (Å²) in [5.41, 5.74) is 0. The van der Waals surface area contributed by atoms with Crippen LogP contribution in [-0.4, -0.2) is 25.2 Å². The molecule has 0 unspecified atom stereocenters. The standard InChI is InChI=1S/C17H30O4/c1-2-13-20-16(18)10-6-7-11-17(19)21-14-12-15-8-4-3-5-9-15/h15H,2-14H2,1H3. The average molecular weight is 298 g/mol. The van der Waals surface area contributed by atoms with Crippen LogP contribution in [0.25, 0.3) is 0 Å². The zero-order valence-corrected chi connectivity index (χ0v) is 13.4. The molecule has 1 saturated carbocycles. The zero-order valence-electron chi connectivity index (χ0n) is 13.4. The summed E-state index contributed by atoms with van der Waals surface area (Å²) in [6, 6.07) is 0. The third kappa shape index (κ3) is 9.48. The van der Waals surface area contributed by atoms with Gasteiger partial charge in [-0.2, -0.15) is 0 Å². The SMILES string of the molecule is CCCOC(=O)CCCCC(=O)OCCC1CCCCC1. The Hall–Kier alpha value is -1.06. The highest BCUT2D eigenvalue weighted by molar-refractivity contribution is 5.70. The van der Waals surface area contributed by atoms with Crippen LogP contribution in [-0.2, 0) is 19.1 Å². The first-order valence-corrected chi connectivity index (χ1v) is 8.53. The Bertz CT molecular complexity index is 295.